The highest BCUT2D eigenvalue weighted by Gasteiger charge is 2.15. The maximum Gasteiger partial charge on any atom is 0.340 e. The van der Waals surface area contributed by atoms with E-state index in [1.54, 1.807) is 19.2 Å². The minimum absolute atomic E-state index is 0.0840. The van der Waals surface area contributed by atoms with E-state index in [1.807, 2.05) is 31.2 Å². The summed E-state index contributed by atoms with van der Waals surface area (Å²) in [6.07, 6.45) is -0.0840. The standard InChI is InChI=1S/C17H16N2O3/c1-10(21-2)11-6-4-8-13-15(11)18-14-9-5-7-12(16(14)19-13)17(20)22-3/h4-10H,1-3H3/t10-/m1/s1. The van der Waals surface area contributed by atoms with E-state index >= 15 is 0 Å². The molecule has 2 aromatic carbocycles. The number of hydrogen-bond donors (Lipinski definition) is 0. The number of fused-ring (bicyclic) bond motifs is 2. The van der Waals surface area contributed by atoms with Crippen molar-refractivity contribution < 1.29 is 14.3 Å². The van der Waals surface area contributed by atoms with Crippen molar-refractivity contribution in [2.75, 3.05) is 14.2 Å². The molecule has 0 aliphatic carbocycles. The number of carbonyl (C=O) groups is 1. The minimum Gasteiger partial charge on any atom is -0.465 e. The molecule has 0 aliphatic heterocycles. The summed E-state index contributed by atoms with van der Waals surface area (Å²) in [5.74, 6) is -0.416. The smallest absolute Gasteiger partial charge is 0.340 e. The molecule has 0 amide bonds. The van der Waals surface area contributed by atoms with Gasteiger partial charge in [0.1, 0.15) is 5.52 Å². The van der Waals surface area contributed by atoms with Crippen molar-refractivity contribution in [3.05, 3.63) is 47.5 Å². The molecule has 0 saturated heterocycles. The predicted molar refractivity (Wildman–Crippen MR) is 83.8 cm³/mol. The van der Waals surface area contributed by atoms with Gasteiger partial charge in [0.2, 0.25) is 0 Å². The van der Waals surface area contributed by atoms with Gasteiger partial charge >= 0.3 is 5.97 Å². The Bertz CT molecular complexity index is 861. The van der Waals surface area contributed by atoms with Gasteiger partial charge in [-0.25, -0.2) is 14.8 Å². The monoisotopic (exact) mass is 296 g/mol. The fraction of sp³-hybridized carbons (Fsp3) is 0.235. The topological polar surface area (TPSA) is 61.3 Å². The first-order valence-corrected chi connectivity index (χ1v) is 6.96. The summed E-state index contributed by atoms with van der Waals surface area (Å²) in [4.78, 5) is 21.2. The van der Waals surface area contributed by atoms with Crippen molar-refractivity contribution in [3.8, 4) is 0 Å². The summed E-state index contributed by atoms with van der Waals surface area (Å²) in [6, 6.07) is 11.1. The molecule has 0 bridgehead atoms. The average molecular weight is 296 g/mol. The fourth-order valence-corrected chi connectivity index (χ4v) is 2.47. The second kappa shape index (κ2) is 5.69. The number of esters is 1. The largest absolute Gasteiger partial charge is 0.465 e. The van der Waals surface area contributed by atoms with Crippen LogP contribution in [0, 0.1) is 0 Å². The highest BCUT2D eigenvalue weighted by molar-refractivity contribution is 6.03. The van der Waals surface area contributed by atoms with Crippen LogP contribution in [0.5, 0.6) is 0 Å². The third-order valence-corrected chi connectivity index (χ3v) is 3.72. The first kappa shape index (κ1) is 14.4. The summed E-state index contributed by atoms with van der Waals surface area (Å²) < 4.78 is 10.2. The minimum atomic E-state index is -0.416. The van der Waals surface area contributed by atoms with Crippen LogP contribution in [0.4, 0.5) is 0 Å². The van der Waals surface area contributed by atoms with E-state index < -0.39 is 5.97 Å². The van der Waals surface area contributed by atoms with Gasteiger partial charge in [-0.3, -0.25) is 0 Å². The molecule has 3 rings (SSSR count). The molecule has 1 heterocycles. The highest BCUT2D eigenvalue weighted by Crippen LogP contribution is 2.26. The molecule has 5 heteroatoms. The van der Waals surface area contributed by atoms with Gasteiger partial charge in [-0.05, 0) is 25.1 Å². The van der Waals surface area contributed by atoms with Crippen LogP contribution in [0.2, 0.25) is 0 Å². The zero-order valence-electron chi connectivity index (χ0n) is 12.7. The molecule has 0 N–H and O–H groups in total. The molecular weight excluding hydrogens is 280 g/mol. The molecule has 0 fully saturated rings. The number of hydrogen-bond acceptors (Lipinski definition) is 5. The van der Waals surface area contributed by atoms with Gasteiger partial charge < -0.3 is 9.47 Å². The normalized spacial score (nSPS) is 12.5. The van der Waals surface area contributed by atoms with E-state index in [1.165, 1.54) is 7.11 Å². The van der Waals surface area contributed by atoms with Crippen LogP contribution in [-0.4, -0.2) is 30.2 Å². The van der Waals surface area contributed by atoms with E-state index in [9.17, 15) is 4.79 Å². The van der Waals surface area contributed by atoms with Gasteiger partial charge in [0, 0.05) is 12.7 Å². The van der Waals surface area contributed by atoms with Crippen LogP contribution >= 0.6 is 0 Å². The summed E-state index contributed by atoms with van der Waals surface area (Å²) in [7, 11) is 3.02. The third-order valence-electron chi connectivity index (χ3n) is 3.72. The number of benzene rings is 2. The van der Waals surface area contributed by atoms with Crippen LogP contribution < -0.4 is 0 Å². The van der Waals surface area contributed by atoms with Crippen LogP contribution in [0.3, 0.4) is 0 Å². The van der Waals surface area contributed by atoms with Gasteiger partial charge in [0.05, 0.1) is 35.3 Å². The Kier molecular flexibility index (Phi) is 3.73. The SMILES string of the molecule is COC(=O)c1cccc2nc3c([C@@H](C)OC)cccc3nc12. The summed E-state index contributed by atoms with van der Waals surface area (Å²) in [5, 5.41) is 0. The van der Waals surface area contributed by atoms with Crippen LogP contribution in [0.25, 0.3) is 22.1 Å². The van der Waals surface area contributed by atoms with Gasteiger partial charge in [-0.15, -0.1) is 0 Å². The van der Waals surface area contributed by atoms with Crippen molar-refractivity contribution in [2.24, 2.45) is 0 Å². The molecule has 0 spiro atoms. The number of carbonyl (C=O) groups excluding carboxylic acids is 1. The van der Waals surface area contributed by atoms with E-state index in [0.29, 0.717) is 16.6 Å². The maximum absolute atomic E-state index is 11.9. The number of para-hydroxylation sites is 2. The van der Waals surface area contributed by atoms with Crippen molar-refractivity contribution in [1.29, 1.82) is 0 Å². The molecular formula is C17H16N2O3. The van der Waals surface area contributed by atoms with Crippen molar-refractivity contribution >= 4 is 28.0 Å². The Morgan fingerprint density at radius 3 is 2.32 bits per heavy atom. The van der Waals surface area contributed by atoms with Gasteiger partial charge in [0.25, 0.3) is 0 Å². The van der Waals surface area contributed by atoms with Crippen molar-refractivity contribution in [1.82, 2.24) is 9.97 Å². The Morgan fingerprint density at radius 1 is 1.00 bits per heavy atom. The van der Waals surface area contributed by atoms with Crippen molar-refractivity contribution in [2.45, 2.75) is 13.0 Å². The number of rotatable bonds is 3. The first-order chi connectivity index (χ1) is 10.7. The van der Waals surface area contributed by atoms with E-state index in [4.69, 9.17) is 9.47 Å². The Morgan fingerprint density at radius 2 is 1.64 bits per heavy atom. The Labute approximate surface area is 127 Å². The average Bonchev–Trinajstić information content (AvgIpc) is 2.57. The van der Waals surface area contributed by atoms with E-state index in [2.05, 4.69) is 9.97 Å². The van der Waals surface area contributed by atoms with E-state index in [0.717, 1.165) is 16.6 Å². The molecule has 5 nitrogen and oxygen atoms in total. The molecule has 22 heavy (non-hydrogen) atoms. The second-order valence-corrected chi connectivity index (χ2v) is 4.98. The van der Waals surface area contributed by atoms with Gasteiger partial charge in [-0.2, -0.15) is 0 Å². The first-order valence-electron chi connectivity index (χ1n) is 6.96. The Balaban J connectivity index is 2.33. The molecule has 0 radical (unpaired) electrons. The molecule has 1 atom stereocenters. The van der Waals surface area contributed by atoms with Crippen LogP contribution in [0.15, 0.2) is 36.4 Å². The second-order valence-electron chi connectivity index (χ2n) is 4.98. The summed E-state index contributed by atoms with van der Waals surface area (Å²) in [6.45, 7) is 1.96. The Hall–Kier alpha value is -2.53. The van der Waals surface area contributed by atoms with Crippen molar-refractivity contribution in [3.63, 3.8) is 0 Å². The quantitative estimate of drug-likeness (QED) is 0.548. The lowest BCUT2D eigenvalue weighted by atomic mass is 10.1. The zero-order chi connectivity index (χ0) is 15.7. The lowest BCUT2D eigenvalue weighted by Gasteiger charge is -2.13. The molecule has 1 aromatic heterocycles. The van der Waals surface area contributed by atoms with Gasteiger partial charge in [-0.1, -0.05) is 18.2 Å². The van der Waals surface area contributed by atoms with E-state index in [-0.39, 0.29) is 6.10 Å². The molecule has 0 unspecified atom stereocenters. The lowest BCUT2D eigenvalue weighted by molar-refractivity contribution is 0.0602. The van der Waals surface area contributed by atoms with Crippen LogP contribution in [-0.2, 0) is 9.47 Å². The molecule has 3 aromatic rings. The molecule has 0 saturated carbocycles. The maximum atomic E-state index is 11.9. The number of nitrogens with zero attached hydrogens (tertiary/aromatic N) is 2. The number of aromatic nitrogens is 2. The molecule has 112 valence electrons. The third kappa shape index (κ3) is 2.29. The summed E-state index contributed by atoms with van der Waals surface area (Å²) in [5.41, 5.74) is 4.10. The highest BCUT2D eigenvalue weighted by atomic mass is 16.5. The lowest BCUT2D eigenvalue weighted by Crippen LogP contribution is -2.05. The predicted octanol–water partition coefficient (Wildman–Crippen LogP) is 3.28. The number of ether oxygens (including phenoxy) is 2. The van der Waals surface area contributed by atoms with Gasteiger partial charge in [0.15, 0.2) is 0 Å². The molecule has 0 aliphatic rings. The van der Waals surface area contributed by atoms with Crippen LogP contribution in [0.1, 0.15) is 28.9 Å². The number of methoxy groups -OCH3 is 2. The fourth-order valence-electron chi connectivity index (χ4n) is 2.47. The summed E-state index contributed by atoms with van der Waals surface area (Å²) >= 11 is 0. The zero-order valence-corrected chi connectivity index (χ0v) is 12.7.